The monoisotopic (exact) mass is 288 g/mol. The summed E-state index contributed by atoms with van der Waals surface area (Å²) >= 11 is 0. The largest absolute Gasteiger partial charge is 0.447 e. The Labute approximate surface area is 113 Å². The molecule has 1 fully saturated rings. The van der Waals surface area contributed by atoms with Crippen molar-refractivity contribution in [2.24, 2.45) is 0 Å². The molecule has 7 heteroatoms. The van der Waals surface area contributed by atoms with Crippen molar-refractivity contribution in [2.45, 2.75) is 43.5 Å². The molecule has 1 aliphatic rings. The van der Waals surface area contributed by atoms with Gasteiger partial charge in [0.1, 0.15) is 5.76 Å². The molecule has 0 amide bonds. The molecule has 0 aliphatic heterocycles. The molecule has 0 saturated heterocycles. The van der Waals surface area contributed by atoms with Gasteiger partial charge in [-0.05, 0) is 31.5 Å². The molecule has 2 rings (SSSR count). The van der Waals surface area contributed by atoms with Gasteiger partial charge >= 0.3 is 0 Å². The molecular formula is C12H20N2O4S. The molecule has 19 heavy (non-hydrogen) atoms. The van der Waals surface area contributed by atoms with Crippen molar-refractivity contribution < 1.29 is 17.6 Å². The molecule has 108 valence electrons. The zero-order chi connectivity index (χ0) is 13.9. The highest BCUT2D eigenvalue weighted by molar-refractivity contribution is 7.89. The van der Waals surface area contributed by atoms with Gasteiger partial charge in [-0.1, -0.05) is 6.92 Å². The van der Waals surface area contributed by atoms with Gasteiger partial charge in [0, 0.05) is 13.2 Å². The lowest BCUT2D eigenvalue weighted by Gasteiger charge is -2.33. The van der Waals surface area contributed by atoms with E-state index in [0.29, 0.717) is 25.1 Å². The van der Waals surface area contributed by atoms with E-state index in [0.717, 1.165) is 6.54 Å². The Balaban J connectivity index is 1.94. The number of furan rings is 1. The van der Waals surface area contributed by atoms with Crippen LogP contribution in [0.5, 0.6) is 0 Å². The van der Waals surface area contributed by atoms with Crippen LogP contribution in [0.25, 0.3) is 0 Å². The lowest BCUT2D eigenvalue weighted by atomic mass is 9.90. The Morgan fingerprint density at radius 2 is 2.16 bits per heavy atom. The minimum Gasteiger partial charge on any atom is -0.447 e. The lowest BCUT2D eigenvalue weighted by molar-refractivity contribution is 0.0235. The van der Waals surface area contributed by atoms with Crippen LogP contribution in [0.2, 0.25) is 0 Å². The Hall–Kier alpha value is -0.890. The van der Waals surface area contributed by atoms with Crippen LogP contribution in [0, 0.1) is 0 Å². The first kappa shape index (κ1) is 14.5. The van der Waals surface area contributed by atoms with E-state index >= 15 is 0 Å². The summed E-state index contributed by atoms with van der Waals surface area (Å²) in [5.74, 6) is 0.616. The van der Waals surface area contributed by atoms with Gasteiger partial charge in [-0.3, -0.25) is 0 Å². The van der Waals surface area contributed by atoms with Gasteiger partial charge in [0.2, 0.25) is 5.09 Å². The summed E-state index contributed by atoms with van der Waals surface area (Å²) in [6, 6.07) is 3.11. The van der Waals surface area contributed by atoms with Crippen molar-refractivity contribution in [3.05, 3.63) is 17.9 Å². The maximum Gasteiger partial charge on any atom is 0.274 e. The molecule has 1 saturated carbocycles. The first-order chi connectivity index (χ1) is 9.05. The second-order valence-electron chi connectivity index (χ2n) is 4.65. The third-order valence-corrected chi connectivity index (χ3v) is 4.59. The zero-order valence-electron chi connectivity index (χ0n) is 11.2. The molecule has 6 nitrogen and oxygen atoms in total. The smallest absolute Gasteiger partial charge is 0.274 e. The second kappa shape index (κ2) is 6.04. The number of hydrogen-bond acceptors (Lipinski definition) is 5. The topological polar surface area (TPSA) is 80.6 Å². The fourth-order valence-corrected chi connectivity index (χ4v) is 3.19. The quantitative estimate of drug-likeness (QED) is 0.777. The molecule has 1 aromatic rings. The van der Waals surface area contributed by atoms with E-state index in [-0.39, 0.29) is 17.2 Å². The molecule has 0 spiro atoms. The van der Waals surface area contributed by atoms with Crippen molar-refractivity contribution in [1.82, 2.24) is 10.0 Å². The third kappa shape index (κ3) is 3.56. The van der Waals surface area contributed by atoms with Gasteiger partial charge in [0.05, 0.1) is 12.6 Å². The van der Waals surface area contributed by atoms with E-state index < -0.39 is 10.0 Å². The zero-order valence-corrected chi connectivity index (χ0v) is 12.0. The summed E-state index contributed by atoms with van der Waals surface area (Å²) < 4.78 is 37.2. The summed E-state index contributed by atoms with van der Waals surface area (Å²) in [7, 11) is -1.92. The standard InChI is InChI=1S/C12H20N2O4S/c1-3-13-8-10-4-5-12(18-10)19(15,16)14-9-6-11(7-9)17-2/h4-5,9,11,13-14H,3,6-8H2,1-2H3. The average Bonchev–Trinajstić information content (AvgIpc) is 2.80. The normalized spacial score (nSPS) is 23.3. The highest BCUT2D eigenvalue weighted by Gasteiger charge is 2.33. The molecule has 1 aliphatic carbocycles. The molecule has 0 radical (unpaired) electrons. The predicted octanol–water partition coefficient (Wildman–Crippen LogP) is 0.845. The van der Waals surface area contributed by atoms with Crippen LogP contribution in [0.3, 0.4) is 0 Å². The van der Waals surface area contributed by atoms with Crippen molar-refractivity contribution in [3.8, 4) is 0 Å². The van der Waals surface area contributed by atoms with Gasteiger partial charge in [0.15, 0.2) is 0 Å². The number of sulfonamides is 1. The third-order valence-electron chi connectivity index (χ3n) is 3.20. The Morgan fingerprint density at radius 1 is 1.42 bits per heavy atom. The number of hydrogen-bond donors (Lipinski definition) is 2. The minimum atomic E-state index is -3.56. The summed E-state index contributed by atoms with van der Waals surface area (Å²) in [5, 5.41) is 3.05. The van der Waals surface area contributed by atoms with E-state index in [4.69, 9.17) is 9.15 Å². The van der Waals surface area contributed by atoms with E-state index in [1.54, 1.807) is 13.2 Å². The Kier molecular flexibility index (Phi) is 4.62. The Morgan fingerprint density at radius 3 is 2.79 bits per heavy atom. The molecule has 0 atom stereocenters. The summed E-state index contributed by atoms with van der Waals surface area (Å²) in [6.45, 7) is 3.31. The van der Waals surface area contributed by atoms with Gasteiger partial charge in [0.25, 0.3) is 10.0 Å². The van der Waals surface area contributed by atoms with E-state index in [2.05, 4.69) is 10.0 Å². The van der Waals surface area contributed by atoms with Crippen molar-refractivity contribution in [3.63, 3.8) is 0 Å². The second-order valence-corrected chi connectivity index (χ2v) is 6.29. The van der Waals surface area contributed by atoms with E-state index in [1.807, 2.05) is 6.92 Å². The molecule has 1 heterocycles. The maximum atomic E-state index is 12.1. The Bertz CT molecular complexity index is 506. The van der Waals surface area contributed by atoms with Crippen LogP contribution in [-0.4, -0.2) is 34.2 Å². The summed E-state index contributed by atoms with van der Waals surface area (Å²) in [6.07, 6.45) is 1.58. The van der Waals surface area contributed by atoms with Crippen LogP contribution >= 0.6 is 0 Å². The van der Waals surface area contributed by atoms with Crippen molar-refractivity contribution in [1.29, 1.82) is 0 Å². The number of rotatable bonds is 7. The first-order valence-electron chi connectivity index (χ1n) is 6.39. The average molecular weight is 288 g/mol. The van der Waals surface area contributed by atoms with Gasteiger partial charge < -0.3 is 14.5 Å². The predicted molar refractivity (Wildman–Crippen MR) is 70.2 cm³/mol. The highest BCUT2D eigenvalue weighted by atomic mass is 32.2. The van der Waals surface area contributed by atoms with Crippen LogP contribution in [0.1, 0.15) is 25.5 Å². The SMILES string of the molecule is CCNCc1ccc(S(=O)(=O)NC2CC(OC)C2)o1. The fourth-order valence-electron chi connectivity index (χ4n) is 1.98. The van der Waals surface area contributed by atoms with Crippen molar-refractivity contribution >= 4 is 10.0 Å². The number of nitrogens with one attached hydrogen (secondary N) is 2. The first-order valence-corrected chi connectivity index (χ1v) is 7.88. The van der Waals surface area contributed by atoms with Gasteiger partial charge in [-0.2, -0.15) is 0 Å². The number of methoxy groups -OCH3 is 1. The molecular weight excluding hydrogens is 268 g/mol. The lowest BCUT2D eigenvalue weighted by Crippen LogP contribution is -2.47. The molecule has 0 bridgehead atoms. The van der Waals surface area contributed by atoms with Gasteiger partial charge in [-0.25, -0.2) is 13.1 Å². The summed E-state index contributed by atoms with van der Waals surface area (Å²) in [5.41, 5.74) is 0. The van der Waals surface area contributed by atoms with Crippen LogP contribution < -0.4 is 10.0 Å². The summed E-state index contributed by atoms with van der Waals surface area (Å²) in [4.78, 5) is 0. The van der Waals surface area contributed by atoms with E-state index in [1.165, 1.54) is 6.07 Å². The van der Waals surface area contributed by atoms with Crippen LogP contribution in [-0.2, 0) is 21.3 Å². The minimum absolute atomic E-state index is 0.0266. The molecule has 1 aromatic heterocycles. The highest BCUT2D eigenvalue weighted by Crippen LogP contribution is 2.25. The van der Waals surface area contributed by atoms with Gasteiger partial charge in [-0.15, -0.1) is 0 Å². The van der Waals surface area contributed by atoms with Crippen LogP contribution in [0.15, 0.2) is 21.6 Å². The molecule has 0 unspecified atom stereocenters. The maximum absolute atomic E-state index is 12.1. The van der Waals surface area contributed by atoms with Crippen molar-refractivity contribution in [2.75, 3.05) is 13.7 Å². The molecule has 2 N–H and O–H groups in total. The fraction of sp³-hybridized carbons (Fsp3) is 0.667. The molecule has 0 aromatic carbocycles. The van der Waals surface area contributed by atoms with Crippen LogP contribution in [0.4, 0.5) is 0 Å². The number of ether oxygens (including phenoxy) is 1. The van der Waals surface area contributed by atoms with E-state index in [9.17, 15) is 8.42 Å².